The molecule has 4 aromatic carbocycles. The Morgan fingerprint density at radius 3 is 2.07 bits per heavy atom. The summed E-state index contributed by atoms with van der Waals surface area (Å²) in [4.78, 5) is 82.2. The molecule has 0 aliphatic heterocycles. The van der Waals surface area contributed by atoms with Gasteiger partial charge in [-0.05, 0) is 218 Å². The van der Waals surface area contributed by atoms with Gasteiger partial charge >= 0.3 is 17.9 Å². The van der Waals surface area contributed by atoms with E-state index in [1.807, 2.05) is 77.9 Å². The molecule has 4 bridgehead atoms. The second-order valence-corrected chi connectivity index (χ2v) is 32.1. The average molecular weight is 1440 g/mol. The van der Waals surface area contributed by atoms with Gasteiger partial charge in [-0.2, -0.15) is 15.3 Å². The van der Waals surface area contributed by atoms with E-state index in [2.05, 4.69) is 82.8 Å². The Hall–Kier alpha value is -9.20. The van der Waals surface area contributed by atoms with Crippen LogP contribution in [0.1, 0.15) is 238 Å². The topological polar surface area (TPSA) is 235 Å². The van der Waals surface area contributed by atoms with E-state index in [1.165, 1.54) is 69.0 Å². The number of H-pyrrole nitrogens is 1. The van der Waals surface area contributed by atoms with Gasteiger partial charge in [-0.1, -0.05) is 119 Å². The monoisotopic (exact) mass is 1440 g/mol. The molecule has 16 rings (SSSR count). The van der Waals surface area contributed by atoms with E-state index in [9.17, 15) is 33.2 Å². The Kier molecular flexibility index (Phi) is 22.3. The summed E-state index contributed by atoms with van der Waals surface area (Å²) in [5, 5.41) is 25.2. The molecular formula is C86H105FN10O9. The number of para-hydroxylation sites is 1. The minimum Gasteiger partial charge on any atom is -0.467 e. The first-order valence-electron chi connectivity index (χ1n) is 39.4. The Labute approximate surface area is 621 Å². The van der Waals surface area contributed by atoms with Crippen molar-refractivity contribution in [3.63, 3.8) is 0 Å². The van der Waals surface area contributed by atoms with Gasteiger partial charge in [0.15, 0.2) is 17.1 Å². The third-order valence-electron chi connectivity index (χ3n) is 25.2. The average Bonchev–Trinajstić information content (AvgIpc) is 1.58. The smallest absolute Gasteiger partial charge is 0.328 e. The number of ether oxygens (including phenoxy) is 3. The highest BCUT2D eigenvalue weighted by Gasteiger charge is 2.60. The number of halogens is 1. The lowest BCUT2D eigenvalue weighted by Gasteiger charge is -2.43. The van der Waals surface area contributed by atoms with Crippen LogP contribution in [0.2, 0.25) is 0 Å². The molecule has 0 spiro atoms. The number of hydrogen-bond acceptors (Lipinski definition) is 12. The van der Waals surface area contributed by atoms with Gasteiger partial charge in [-0.3, -0.25) is 33.3 Å². The van der Waals surface area contributed by atoms with Crippen LogP contribution in [0, 0.1) is 46.2 Å². The SMILES string of the molecule is CCOC(=O)C1CCc2c(c(C(=O)NC3C4(C)CCC(C4)C3(C)C)nn2C2CCCCC2)C1.CCOC(=O)[C@H]1C2CCC(C2)[C@H]1NC(=O)c1nn(-c2ccc(F)cc2)c2c1CCCC2CCc1ccccc1.COC(=O)C(Cc1c[nH]c2ccccc12)NC(=O)c1nn(Cc2ccccc2)c2c1CCCC2. The molecule has 8 aromatic rings. The third kappa shape index (κ3) is 15.3. The molecule has 5 fully saturated rings. The standard InChI is InChI=1S/C32H36FN3O3.C27H28N4O3.C27H41N3O3/c1-2-39-32(38)27-22-13-14-23(19-22)28(27)34-31(37)29-26-10-6-9-21(12-11-20-7-4-3-5-8-20)30(26)36(35-29)25-17-15-24(33)16-18-25;1-34-27(33)23(15-19-16-28-22-13-7-5-11-20(19)22)29-26(32)25-21-12-6-8-14-24(21)31(30-25)17-18-9-3-2-4-10-18;1-5-33-24(32)17-11-12-21-20(15-17)22(29-30(21)19-9-7-6-8-10-19)23(31)28-25-26(2,3)18-13-14-27(25,4)16-18/h3-5,7-8,15-18,21-23,27-28H,2,6,9-14,19H2,1H3,(H,34,37);2-5,7,9-11,13,16,23,28H,6,8,12,14-15,17H2,1H3,(H,29,32);17-19,25H,5-16H2,1-4H3,(H,28,31)/t21?,22?,23?,27-,28+;;/m0../s1. The molecule has 560 valence electrons. The van der Waals surface area contributed by atoms with Gasteiger partial charge in [0.1, 0.15) is 11.9 Å². The number of amides is 3. The zero-order valence-electron chi connectivity index (χ0n) is 62.6. The molecule has 19 nitrogen and oxygen atoms in total. The molecule has 0 radical (unpaired) electrons. The van der Waals surface area contributed by atoms with Crippen molar-refractivity contribution in [2.24, 2.45) is 40.4 Å². The summed E-state index contributed by atoms with van der Waals surface area (Å²) < 4.78 is 35.5. The highest BCUT2D eigenvalue weighted by Crippen LogP contribution is 2.62. The quantitative estimate of drug-likeness (QED) is 0.0412. The summed E-state index contributed by atoms with van der Waals surface area (Å²) in [6.45, 7) is 12.0. The van der Waals surface area contributed by atoms with E-state index >= 15 is 0 Å². The van der Waals surface area contributed by atoms with Crippen LogP contribution in [0.3, 0.4) is 0 Å². The minimum absolute atomic E-state index is 0.0443. The highest BCUT2D eigenvalue weighted by atomic mass is 19.1. The van der Waals surface area contributed by atoms with E-state index in [0.29, 0.717) is 67.6 Å². The van der Waals surface area contributed by atoms with Gasteiger partial charge in [-0.25, -0.2) is 13.9 Å². The summed E-state index contributed by atoms with van der Waals surface area (Å²) in [5.74, 6) is -0.704. The molecule has 106 heavy (non-hydrogen) atoms. The van der Waals surface area contributed by atoms with Crippen molar-refractivity contribution in [1.29, 1.82) is 0 Å². The molecule has 5 saturated carbocycles. The van der Waals surface area contributed by atoms with E-state index in [-0.39, 0.29) is 82.1 Å². The van der Waals surface area contributed by atoms with Gasteiger partial charge in [0.05, 0.1) is 56.1 Å². The van der Waals surface area contributed by atoms with E-state index in [4.69, 9.17) is 29.5 Å². The number of aromatic amines is 1. The van der Waals surface area contributed by atoms with Crippen LogP contribution in [-0.4, -0.2) is 108 Å². The maximum absolute atomic E-state index is 13.9. The van der Waals surface area contributed by atoms with Crippen LogP contribution in [0.25, 0.3) is 16.6 Å². The first kappa shape index (κ1) is 73.7. The molecule has 4 N–H and O–H groups in total. The van der Waals surface area contributed by atoms with Crippen molar-refractivity contribution in [2.75, 3.05) is 20.3 Å². The number of rotatable bonds is 20. The van der Waals surface area contributed by atoms with Crippen molar-refractivity contribution in [3.05, 3.63) is 189 Å². The molecule has 20 heteroatoms. The Morgan fingerprint density at radius 2 is 1.33 bits per heavy atom. The van der Waals surface area contributed by atoms with Gasteiger partial charge in [0.25, 0.3) is 17.7 Å². The lowest BCUT2D eigenvalue weighted by atomic mass is 9.68. The normalized spacial score (nSPS) is 24.1. The second-order valence-electron chi connectivity index (χ2n) is 32.1. The van der Waals surface area contributed by atoms with Crippen LogP contribution < -0.4 is 16.0 Å². The summed E-state index contributed by atoms with van der Waals surface area (Å²) in [5.41, 5.74) is 13.1. The summed E-state index contributed by atoms with van der Waals surface area (Å²) in [6, 6.07) is 34.3. The first-order chi connectivity index (χ1) is 51.4. The Bertz CT molecular complexity index is 4470. The molecule has 0 saturated heterocycles. The lowest BCUT2D eigenvalue weighted by Crippen LogP contribution is -2.52. The van der Waals surface area contributed by atoms with Crippen LogP contribution >= 0.6 is 0 Å². The zero-order valence-corrected chi connectivity index (χ0v) is 62.6. The minimum atomic E-state index is -0.810. The number of carbonyl (C=O) groups excluding carboxylic acids is 6. The van der Waals surface area contributed by atoms with Crippen LogP contribution in [0.5, 0.6) is 0 Å². The number of aryl methyl sites for hydroxylation is 1. The highest BCUT2D eigenvalue weighted by molar-refractivity contribution is 5.98. The van der Waals surface area contributed by atoms with Crippen LogP contribution in [0.4, 0.5) is 4.39 Å². The summed E-state index contributed by atoms with van der Waals surface area (Å²) >= 11 is 0. The first-order valence-corrected chi connectivity index (χ1v) is 39.4. The maximum atomic E-state index is 13.9. The summed E-state index contributed by atoms with van der Waals surface area (Å²) in [6.07, 6.45) is 25.5. The number of methoxy groups -OCH3 is 1. The lowest BCUT2D eigenvalue weighted by molar-refractivity contribution is -0.151. The van der Waals surface area contributed by atoms with Crippen molar-refractivity contribution in [2.45, 2.75) is 225 Å². The maximum Gasteiger partial charge on any atom is 0.328 e. The number of esters is 3. The number of aromatic nitrogens is 7. The Balaban J connectivity index is 0.000000134. The second kappa shape index (κ2) is 32.1. The number of hydrogen-bond donors (Lipinski definition) is 4. The molecule has 3 amide bonds. The van der Waals surface area contributed by atoms with Gasteiger partial charge in [-0.15, -0.1) is 0 Å². The van der Waals surface area contributed by atoms with Crippen molar-refractivity contribution in [1.82, 2.24) is 50.3 Å². The molecule has 8 unspecified atom stereocenters. The molecule has 4 heterocycles. The predicted molar refractivity (Wildman–Crippen MR) is 403 cm³/mol. The third-order valence-corrected chi connectivity index (χ3v) is 25.2. The Morgan fingerprint density at radius 1 is 0.651 bits per heavy atom. The number of nitrogens with zero attached hydrogens (tertiary/aromatic N) is 6. The zero-order chi connectivity index (χ0) is 73.8. The van der Waals surface area contributed by atoms with Crippen molar-refractivity contribution < 1.29 is 47.4 Å². The molecule has 4 aromatic heterocycles. The predicted octanol–water partition coefficient (Wildman–Crippen LogP) is 14.6. The van der Waals surface area contributed by atoms with Crippen LogP contribution in [0.15, 0.2) is 115 Å². The fourth-order valence-corrected chi connectivity index (χ4v) is 19.9. The molecular weight excluding hydrogens is 1340 g/mol. The molecule has 8 aliphatic carbocycles. The van der Waals surface area contributed by atoms with E-state index in [0.717, 1.165) is 159 Å². The molecule has 8 aliphatic rings. The number of fused-ring (bicyclic) bond motifs is 8. The van der Waals surface area contributed by atoms with Gasteiger partial charge in [0, 0.05) is 69.6 Å². The van der Waals surface area contributed by atoms with Crippen LogP contribution in [-0.2, 0) is 80.1 Å². The van der Waals surface area contributed by atoms with Crippen molar-refractivity contribution in [3.8, 4) is 5.69 Å². The van der Waals surface area contributed by atoms with Gasteiger partial charge < -0.3 is 35.1 Å². The number of benzene rings is 4. The largest absolute Gasteiger partial charge is 0.467 e. The number of nitrogens with one attached hydrogen (secondary N) is 4. The molecule has 10 atom stereocenters. The van der Waals surface area contributed by atoms with E-state index in [1.54, 1.807) is 12.1 Å². The number of carbonyl (C=O) groups is 6. The van der Waals surface area contributed by atoms with Gasteiger partial charge in [0.2, 0.25) is 0 Å². The van der Waals surface area contributed by atoms with E-state index < -0.39 is 12.0 Å². The fourth-order valence-electron chi connectivity index (χ4n) is 19.9. The van der Waals surface area contributed by atoms with Crippen molar-refractivity contribution >= 4 is 46.5 Å². The summed E-state index contributed by atoms with van der Waals surface area (Å²) in [7, 11) is 1.34. The fraction of sp³-hybridized carbons (Fsp3) is 0.523.